The molecule has 0 aliphatic heterocycles. The summed E-state index contributed by atoms with van der Waals surface area (Å²) in [5.74, 6) is -1.89. The van der Waals surface area contributed by atoms with Crippen LogP contribution in [0.2, 0.25) is 0 Å². The highest BCUT2D eigenvalue weighted by molar-refractivity contribution is 5.82. The molecule has 0 saturated heterocycles. The lowest BCUT2D eigenvalue weighted by molar-refractivity contribution is -0.139. The van der Waals surface area contributed by atoms with E-state index in [1.807, 2.05) is 0 Å². The maximum atomic E-state index is 13.3. The zero-order chi connectivity index (χ0) is 16.6. The summed E-state index contributed by atoms with van der Waals surface area (Å²) >= 11 is 0. The number of amides is 1. The molecule has 1 aromatic rings. The number of carboxylic acids is 1. The molecule has 3 rings (SSSR count). The Morgan fingerprint density at radius 3 is 2.57 bits per heavy atom. The third-order valence-corrected chi connectivity index (χ3v) is 4.65. The number of hydrogen-bond acceptors (Lipinski definition) is 2. The maximum Gasteiger partial charge on any atom is 0.305 e. The summed E-state index contributed by atoms with van der Waals surface area (Å²) < 4.78 is 26.3. The van der Waals surface area contributed by atoms with Gasteiger partial charge in [-0.15, -0.1) is 0 Å². The lowest BCUT2D eigenvalue weighted by atomic mass is 10.1. The Hall–Kier alpha value is -1.98. The van der Waals surface area contributed by atoms with Gasteiger partial charge in [-0.3, -0.25) is 9.59 Å². The number of nitrogens with zero attached hydrogens (tertiary/aromatic N) is 1. The van der Waals surface area contributed by atoms with Gasteiger partial charge >= 0.3 is 5.97 Å². The molecule has 0 unspecified atom stereocenters. The van der Waals surface area contributed by atoms with E-state index in [0.29, 0.717) is 17.4 Å². The first-order valence-electron chi connectivity index (χ1n) is 7.90. The number of rotatable bonds is 7. The minimum absolute atomic E-state index is 0.0263. The number of benzene rings is 1. The summed E-state index contributed by atoms with van der Waals surface area (Å²) in [5.41, 5.74) is 0.464. The van der Waals surface area contributed by atoms with E-state index in [0.717, 1.165) is 18.6 Å². The Bertz CT molecular complexity index is 630. The van der Waals surface area contributed by atoms with Gasteiger partial charge in [-0.2, -0.15) is 0 Å². The van der Waals surface area contributed by atoms with Gasteiger partial charge in [0.2, 0.25) is 5.91 Å². The van der Waals surface area contributed by atoms with Gasteiger partial charge in [0, 0.05) is 19.0 Å². The summed E-state index contributed by atoms with van der Waals surface area (Å²) in [6.45, 7) is 0.193. The van der Waals surface area contributed by atoms with Crippen LogP contribution in [0.5, 0.6) is 0 Å². The molecule has 23 heavy (non-hydrogen) atoms. The van der Waals surface area contributed by atoms with Crippen molar-refractivity contribution in [1.29, 1.82) is 0 Å². The van der Waals surface area contributed by atoms with Crippen molar-refractivity contribution in [3.05, 3.63) is 35.4 Å². The molecule has 124 valence electrons. The summed E-state index contributed by atoms with van der Waals surface area (Å²) in [6, 6.07) is 3.50. The third-order valence-electron chi connectivity index (χ3n) is 4.65. The van der Waals surface area contributed by atoms with Crippen molar-refractivity contribution in [1.82, 2.24) is 4.90 Å². The van der Waals surface area contributed by atoms with Crippen molar-refractivity contribution in [2.75, 3.05) is 6.54 Å². The lowest BCUT2D eigenvalue weighted by Crippen LogP contribution is -2.34. The molecule has 2 aliphatic rings. The number of halogens is 2. The number of carbonyl (C=O) groups is 2. The van der Waals surface area contributed by atoms with Crippen LogP contribution in [0, 0.1) is 29.4 Å². The third kappa shape index (κ3) is 3.86. The van der Waals surface area contributed by atoms with Crippen LogP contribution in [0.4, 0.5) is 8.78 Å². The van der Waals surface area contributed by atoms with Crippen LogP contribution in [0.3, 0.4) is 0 Å². The van der Waals surface area contributed by atoms with Gasteiger partial charge < -0.3 is 10.0 Å². The van der Waals surface area contributed by atoms with E-state index in [1.165, 1.54) is 23.8 Å². The Morgan fingerprint density at radius 2 is 1.96 bits per heavy atom. The zero-order valence-electron chi connectivity index (χ0n) is 12.7. The molecule has 6 heteroatoms. The Kier molecular flexibility index (Phi) is 4.33. The SMILES string of the molecule is O=C(O)CCN(Cc1ccc(F)c(F)c1)C(=O)[C@H]1C[C@H]1C1CC1. The summed E-state index contributed by atoms with van der Waals surface area (Å²) in [7, 11) is 0. The highest BCUT2D eigenvalue weighted by atomic mass is 19.2. The molecule has 0 bridgehead atoms. The van der Waals surface area contributed by atoms with Crippen LogP contribution in [-0.2, 0) is 16.1 Å². The Balaban J connectivity index is 1.68. The standard InChI is InChI=1S/C17H19F2NO3/c18-14-4-1-10(7-15(14)19)9-20(6-5-16(21)22)17(23)13-8-12(13)11-2-3-11/h1,4,7,11-13H,2-3,5-6,8-9H2,(H,21,22)/t12-,13-/m0/s1. The number of carboxylic acid groups (broad SMARTS) is 1. The van der Waals surface area contributed by atoms with E-state index in [4.69, 9.17) is 5.11 Å². The molecule has 2 atom stereocenters. The smallest absolute Gasteiger partial charge is 0.305 e. The minimum atomic E-state index is -0.984. The monoisotopic (exact) mass is 323 g/mol. The number of aliphatic carboxylic acids is 1. The van der Waals surface area contributed by atoms with E-state index in [-0.39, 0.29) is 31.3 Å². The van der Waals surface area contributed by atoms with Gasteiger partial charge in [0.1, 0.15) is 0 Å². The van der Waals surface area contributed by atoms with Crippen molar-refractivity contribution < 1.29 is 23.5 Å². The van der Waals surface area contributed by atoms with Gasteiger partial charge in [-0.25, -0.2) is 8.78 Å². The van der Waals surface area contributed by atoms with Crippen LogP contribution in [0.25, 0.3) is 0 Å². The van der Waals surface area contributed by atoms with E-state index in [1.54, 1.807) is 0 Å². The van der Waals surface area contributed by atoms with Crippen LogP contribution in [0.15, 0.2) is 18.2 Å². The fourth-order valence-electron chi connectivity index (χ4n) is 3.13. The molecule has 0 radical (unpaired) electrons. The van der Waals surface area contributed by atoms with Crippen LogP contribution < -0.4 is 0 Å². The van der Waals surface area contributed by atoms with Gasteiger partial charge in [0.15, 0.2) is 11.6 Å². The van der Waals surface area contributed by atoms with Crippen molar-refractivity contribution in [3.63, 3.8) is 0 Å². The predicted octanol–water partition coefficient (Wildman–Crippen LogP) is 2.81. The maximum absolute atomic E-state index is 13.3. The molecule has 4 nitrogen and oxygen atoms in total. The molecule has 0 heterocycles. The first kappa shape index (κ1) is 15.9. The molecular weight excluding hydrogens is 304 g/mol. The topological polar surface area (TPSA) is 57.6 Å². The Morgan fingerprint density at radius 1 is 1.22 bits per heavy atom. The van der Waals surface area contributed by atoms with E-state index in [2.05, 4.69) is 0 Å². The Labute approximate surface area is 133 Å². The van der Waals surface area contributed by atoms with Gasteiger partial charge in [-0.05, 0) is 48.8 Å². The van der Waals surface area contributed by atoms with Crippen LogP contribution in [0.1, 0.15) is 31.2 Å². The predicted molar refractivity (Wildman–Crippen MR) is 78.3 cm³/mol. The normalized spacial score (nSPS) is 22.7. The van der Waals surface area contributed by atoms with Crippen molar-refractivity contribution in [2.24, 2.45) is 17.8 Å². The zero-order valence-corrected chi connectivity index (χ0v) is 12.7. The molecular formula is C17H19F2NO3. The quantitative estimate of drug-likeness (QED) is 0.839. The average Bonchev–Trinajstić information content (AvgIpc) is 3.37. The molecule has 0 spiro atoms. The van der Waals surface area contributed by atoms with Crippen molar-refractivity contribution >= 4 is 11.9 Å². The average molecular weight is 323 g/mol. The number of hydrogen-bond donors (Lipinski definition) is 1. The van der Waals surface area contributed by atoms with E-state index < -0.39 is 17.6 Å². The lowest BCUT2D eigenvalue weighted by Gasteiger charge is -2.22. The van der Waals surface area contributed by atoms with Crippen LogP contribution >= 0.6 is 0 Å². The minimum Gasteiger partial charge on any atom is -0.481 e. The van der Waals surface area contributed by atoms with E-state index >= 15 is 0 Å². The second-order valence-corrected chi connectivity index (χ2v) is 6.50. The van der Waals surface area contributed by atoms with Gasteiger partial charge in [0.05, 0.1) is 6.42 Å². The molecule has 2 saturated carbocycles. The molecule has 1 N–H and O–H groups in total. The first-order valence-corrected chi connectivity index (χ1v) is 7.90. The van der Waals surface area contributed by atoms with Crippen LogP contribution in [-0.4, -0.2) is 28.4 Å². The second-order valence-electron chi connectivity index (χ2n) is 6.50. The van der Waals surface area contributed by atoms with E-state index in [9.17, 15) is 18.4 Å². The molecule has 2 fully saturated rings. The highest BCUT2D eigenvalue weighted by Crippen LogP contribution is 2.54. The first-order chi connectivity index (χ1) is 11.0. The van der Waals surface area contributed by atoms with Crippen molar-refractivity contribution in [3.8, 4) is 0 Å². The number of carbonyl (C=O) groups excluding carboxylic acids is 1. The molecule has 1 aromatic carbocycles. The van der Waals surface area contributed by atoms with Gasteiger partial charge in [0.25, 0.3) is 0 Å². The molecule has 0 aromatic heterocycles. The largest absolute Gasteiger partial charge is 0.481 e. The fraction of sp³-hybridized carbons (Fsp3) is 0.529. The second kappa shape index (κ2) is 6.26. The molecule has 2 aliphatic carbocycles. The van der Waals surface area contributed by atoms with Crippen molar-refractivity contribution in [2.45, 2.75) is 32.2 Å². The summed E-state index contributed by atoms with van der Waals surface area (Å²) in [4.78, 5) is 24.8. The summed E-state index contributed by atoms with van der Waals surface area (Å²) in [6.07, 6.45) is 3.06. The highest BCUT2D eigenvalue weighted by Gasteiger charge is 2.52. The summed E-state index contributed by atoms with van der Waals surface area (Å²) in [5, 5.41) is 8.85. The molecule has 1 amide bonds. The van der Waals surface area contributed by atoms with Gasteiger partial charge in [-0.1, -0.05) is 6.07 Å². The fourth-order valence-corrected chi connectivity index (χ4v) is 3.13.